The molecule has 0 aliphatic carbocycles. The molecule has 0 aliphatic heterocycles. The molecular weight excluding hydrogens is 626 g/mol. The third-order valence-electron chi connectivity index (χ3n) is 0. The van der Waals surface area contributed by atoms with Crippen LogP contribution >= 0.6 is 0 Å². The van der Waals surface area contributed by atoms with E-state index in [4.69, 9.17) is 85.6 Å². The molecule has 0 rings (SSSR count). The Morgan fingerprint density at radius 2 is 0.385 bits per heavy atom. The molecule has 0 spiro atoms. The van der Waals surface area contributed by atoms with Crippen LogP contribution in [0.5, 0.6) is 0 Å². The zero-order valence-corrected chi connectivity index (χ0v) is 20.9. The first kappa shape index (κ1) is 142. The van der Waals surface area contributed by atoms with Gasteiger partial charge in [0, 0.05) is 27.7 Å². The van der Waals surface area contributed by atoms with Gasteiger partial charge in [-0.25, -0.2) is 0 Å². The summed E-state index contributed by atoms with van der Waals surface area (Å²) in [6.07, 6.45) is 0. The largest absolute Gasteiger partial charge is 3.00 e. The molecule has 0 aromatic rings. The molecule has 31 heteroatoms. The molecule has 0 aliphatic rings. The molecule has 1 radical (unpaired) electrons. The summed E-state index contributed by atoms with van der Waals surface area (Å²) in [7, 11) is 0. The van der Waals surface area contributed by atoms with Crippen LogP contribution in [0.2, 0.25) is 0 Å². The summed E-state index contributed by atoms with van der Waals surface area (Å²) in [6.45, 7) is 4.33. The zero-order chi connectivity index (χ0) is 25.0. The third kappa shape index (κ3) is 1730. The topological polar surface area (TPSA) is 663 Å². The smallest absolute Gasteiger partial charge is 0.481 e. The van der Waals surface area contributed by atoms with Gasteiger partial charge in [-0.05, 0) is 0 Å². The molecule has 30 nitrogen and oxygen atoms in total. The molecule has 0 aromatic heterocycles. The molecule has 24 N–H and O–H groups in total. The van der Waals surface area contributed by atoms with Gasteiger partial charge in [-0.1, -0.05) is 0 Å². The second-order valence-corrected chi connectivity index (χ2v) is 2.75. The van der Waals surface area contributed by atoms with Crippen LogP contribution in [0.1, 0.15) is 27.7 Å². The Morgan fingerprint density at radius 1 is 0.385 bits per heavy atom. The molecule has 0 unspecified atom stereocenters. The number of rotatable bonds is 0. The van der Waals surface area contributed by atoms with Crippen molar-refractivity contribution in [2.75, 3.05) is 0 Å². The third-order valence-corrected chi connectivity index (χ3v) is 0. The summed E-state index contributed by atoms with van der Waals surface area (Å²) in [5, 5.41) is 73.9. The van der Waals surface area contributed by atoms with E-state index >= 15 is 0 Å². The minimum atomic E-state index is -1.75. The number of nitrogens with zero attached hydrogens (tertiary/aromatic N) is 3. The van der Waals surface area contributed by atoms with Crippen LogP contribution in [0, 0.1) is 46.0 Å². The van der Waals surface area contributed by atoms with E-state index in [-0.39, 0.29) is 71.8 Å². The molecule has 0 amide bonds. The molecule has 0 fully saturated rings. The van der Waals surface area contributed by atoms with E-state index in [0.29, 0.717) is 0 Å². The van der Waals surface area contributed by atoms with E-state index in [0.717, 1.165) is 27.7 Å². The van der Waals surface area contributed by atoms with E-state index in [9.17, 15) is 0 Å². The summed E-state index contributed by atoms with van der Waals surface area (Å²) in [6, 6.07) is 0. The molecule has 0 bridgehead atoms. The van der Waals surface area contributed by atoms with Crippen molar-refractivity contribution in [3.8, 4) is 0 Å². The quantitative estimate of drug-likeness (QED) is 0.106. The fraction of sp³-hybridized carbons (Fsp3) is 0.500. The first-order valence-electron chi connectivity index (χ1n) is 5.35. The minimum absolute atomic E-state index is 0. The summed E-state index contributed by atoms with van der Waals surface area (Å²) < 4.78 is 0. The second-order valence-electron chi connectivity index (χ2n) is 2.75. The Hall–Kier alpha value is -4.40. The van der Waals surface area contributed by atoms with Gasteiger partial charge in [0.2, 0.25) is 0 Å². The standard InChI is InChI=1S/4C2H4O2.Fe.3NO3.10H2O/c4*1-2(3)4;;3*2-1(3)4;;;;;;;;;;/h4*1H3,(H,3,4);;;;;10*1H2/q;;;;+3;3*-1;;;;;;;;;;. The van der Waals surface area contributed by atoms with Crippen molar-refractivity contribution in [1.29, 1.82) is 0 Å². The number of aliphatic carboxylic acids is 4. The van der Waals surface area contributed by atoms with Crippen LogP contribution in [0.15, 0.2) is 0 Å². The first-order chi connectivity index (χ1) is 12.1. The number of hydrogen-bond donors (Lipinski definition) is 4. The van der Waals surface area contributed by atoms with E-state index in [1.54, 1.807) is 0 Å². The van der Waals surface area contributed by atoms with Crippen LogP contribution in [-0.2, 0) is 36.2 Å². The van der Waals surface area contributed by atoms with Crippen LogP contribution in [0.25, 0.3) is 0 Å². The average molecular weight is 662 g/mol. The molecule has 0 atom stereocenters. The molecular formula is C8H36FeN3O27. The predicted octanol–water partition coefficient (Wildman–Crippen LogP) is -8.60. The molecule has 39 heavy (non-hydrogen) atoms. The van der Waals surface area contributed by atoms with E-state index in [1.807, 2.05) is 0 Å². The van der Waals surface area contributed by atoms with Crippen molar-refractivity contribution in [1.82, 2.24) is 0 Å². The average Bonchev–Trinajstić information content (AvgIpc) is 2.20. The summed E-state index contributed by atoms with van der Waals surface area (Å²) >= 11 is 0. The van der Waals surface area contributed by atoms with Gasteiger partial charge in [0.15, 0.2) is 0 Å². The van der Waals surface area contributed by atoms with Gasteiger partial charge in [-0.3, -0.25) is 19.2 Å². The fourth-order valence-corrected chi connectivity index (χ4v) is 0. The maximum atomic E-state index is 9.00. The first-order valence-corrected chi connectivity index (χ1v) is 5.35. The van der Waals surface area contributed by atoms with Crippen molar-refractivity contribution < 1.29 is 127 Å². The summed E-state index contributed by atoms with van der Waals surface area (Å²) in [5.74, 6) is -3.33. The van der Waals surface area contributed by atoms with Crippen LogP contribution in [0.4, 0.5) is 0 Å². The van der Waals surface area contributed by atoms with Crippen molar-refractivity contribution in [3.05, 3.63) is 46.0 Å². The van der Waals surface area contributed by atoms with Crippen molar-refractivity contribution in [3.63, 3.8) is 0 Å². The van der Waals surface area contributed by atoms with E-state index in [1.165, 1.54) is 0 Å². The van der Waals surface area contributed by atoms with E-state index in [2.05, 4.69) is 0 Å². The minimum Gasteiger partial charge on any atom is -0.481 e. The predicted molar refractivity (Wildman–Crippen MR) is 120 cm³/mol. The summed E-state index contributed by atoms with van der Waals surface area (Å²) in [5.41, 5.74) is 0. The molecule has 0 heterocycles. The Balaban J connectivity index is -0.00000000787. The van der Waals surface area contributed by atoms with Crippen LogP contribution in [-0.4, -0.2) is 114 Å². The van der Waals surface area contributed by atoms with Crippen molar-refractivity contribution >= 4 is 23.9 Å². The number of carboxylic acid groups (broad SMARTS) is 4. The Bertz CT molecular complexity index is 328. The van der Waals surface area contributed by atoms with Gasteiger partial charge in [0.1, 0.15) is 0 Å². The van der Waals surface area contributed by atoms with Gasteiger partial charge in [0.05, 0.1) is 15.3 Å². The van der Waals surface area contributed by atoms with Gasteiger partial charge in [-0.15, -0.1) is 0 Å². The van der Waals surface area contributed by atoms with Gasteiger partial charge in [0.25, 0.3) is 23.9 Å². The van der Waals surface area contributed by atoms with Gasteiger partial charge >= 0.3 is 17.1 Å². The Labute approximate surface area is 225 Å². The number of carbonyl (C=O) groups is 4. The van der Waals surface area contributed by atoms with E-state index < -0.39 is 39.1 Å². The number of hydrogen-bond acceptors (Lipinski definition) is 13. The van der Waals surface area contributed by atoms with Gasteiger partial charge < -0.3 is 121 Å². The SMILES string of the molecule is CC(=O)O.CC(=O)O.CC(=O)O.CC(=O)O.O.O.O.O.O.O.O.O.O.O.O=[N+]([O-])[O-].O=[N+]([O-])[O-].O=[N+]([O-])[O-].[Fe+3]. The van der Waals surface area contributed by atoms with Crippen molar-refractivity contribution in [2.24, 2.45) is 0 Å². The Morgan fingerprint density at radius 3 is 0.385 bits per heavy atom. The van der Waals surface area contributed by atoms with Crippen molar-refractivity contribution in [2.45, 2.75) is 27.7 Å². The van der Waals surface area contributed by atoms with Gasteiger partial charge in [-0.2, -0.15) is 0 Å². The zero-order valence-electron chi connectivity index (χ0n) is 19.8. The molecule has 0 aromatic carbocycles. The molecule has 0 saturated heterocycles. The fourth-order valence-electron chi connectivity index (χ4n) is 0. The Kier molecular flexibility index (Phi) is 471. The second kappa shape index (κ2) is 130. The number of carboxylic acids is 4. The molecule has 0 saturated carbocycles. The maximum Gasteiger partial charge on any atom is 3.00 e. The van der Waals surface area contributed by atoms with Crippen LogP contribution < -0.4 is 0 Å². The monoisotopic (exact) mass is 662 g/mol. The van der Waals surface area contributed by atoms with Crippen LogP contribution in [0.3, 0.4) is 0 Å². The normalized spacial score (nSPS) is 4.41. The maximum absolute atomic E-state index is 9.00. The molecule has 253 valence electrons. The summed E-state index contributed by atoms with van der Waals surface area (Å²) in [4.78, 5) is 60.8.